The first-order valence-corrected chi connectivity index (χ1v) is 8.11. The minimum absolute atomic E-state index is 0.0543. The Balaban J connectivity index is 1.96. The molecule has 1 saturated heterocycles. The predicted octanol–water partition coefficient (Wildman–Crippen LogP) is 3.61. The topological polar surface area (TPSA) is 40.5 Å². The lowest BCUT2D eigenvalue weighted by Gasteiger charge is -2.50. The molecule has 0 aromatic heterocycles. The Labute approximate surface area is 134 Å². The monoisotopic (exact) mass is 327 g/mol. The molecule has 114 valence electrons. The molecular weight excluding hydrogens is 309 g/mol. The number of aliphatic hydroxyl groups is 1. The summed E-state index contributed by atoms with van der Waals surface area (Å²) in [6.07, 6.45) is 3.68. The van der Waals surface area contributed by atoms with E-state index in [0.29, 0.717) is 22.9 Å². The average molecular weight is 328 g/mol. The number of nitrogens with zero attached hydrogens (tertiary/aromatic N) is 1. The van der Waals surface area contributed by atoms with E-state index in [1.165, 1.54) is 0 Å². The van der Waals surface area contributed by atoms with E-state index in [-0.39, 0.29) is 17.9 Å². The number of carbonyl (C=O) groups is 1. The Morgan fingerprint density at radius 1 is 1.33 bits per heavy atom. The summed E-state index contributed by atoms with van der Waals surface area (Å²) in [5.41, 5.74) is -0.271. The minimum atomic E-state index is -1.18. The number of carbonyl (C=O) groups excluding carboxylic acids is 1. The average Bonchev–Trinajstić information content (AvgIpc) is 2.44. The summed E-state index contributed by atoms with van der Waals surface area (Å²) in [7, 11) is 1.98. The molecule has 1 saturated carbocycles. The van der Waals surface area contributed by atoms with Crippen LogP contribution >= 0.6 is 23.2 Å². The second kappa shape index (κ2) is 5.54. The minimum Gasteiger partial charge on any atom is -0.380 e. The Morgan fingerprint density at radius 3 is 2.81 bits per heavy atom. The van der Waals surface area contributed by atoms with Gasteiger partial charge in [0.2, 0.25) is 0 Å². The normalized spacial score (nSPS) is 33.8. The van der Waals surface area contributed by atoms with Crippen LogP contribution < -0.4 is 0 Å². The summed E-state index contributed by atoms with van der Waals surface area (Å²) in [6.45, 7) is 0. The third kappa shape index (κ3) is 2.50. The highest BCUT2D eigenvalue weighted by Crippen LogP contribution is 2.44. The SMILES string of the molecule is CN1C(c2ccc(Cl)cc2Cl)CC(=O)C2(O)CCCCC12. The molecule has 1 N–H and O–H groups in total. The highest BCUT2D eigenvalue weighted by atomic mass is 35.5. The van der Waals surface area contributed by atoms with E-state index in [9.17, 15) is 9.90 Å². The van der Waals surface area contributed by atoms with Crippen LogP contribution in [0.4, 0.5) is 0 Å². The van der Waals surface area contributed by atoms with Gasteiger partial charge in [0, 0.05) is 28.5 Å². The molecular formula is C16H19Cl2NO2. The summed E-state index contributed by atoms with van der Waals surface area (Å²) < 4.78 is 0. The fourth-order valence-electron chi connectivity index (χ4n) is 3.82. The van der Waals surface area contributed by atoms with Crippen molar-refractivity contribution in [2.45, 2.75) is 49.8 Å². The van der Waals surface area contributed by atoms with Crippen molar-refractivity contribution in [1.29, 1.82) is 0 Å². The molecule has 2 aliphatic rings. The van der Waals surface area contributed by atoms with Gasteiger partial charge in [0.15, 0.2) is 5.78 Å². The molecule has 0 spiro atoms. The van der Waals surface area contributed by atoms with E-state index >= 15 is 0 Å². The zero-order valence-corrected chi connectivity index (χ0v) is 13.5. The zero-order valence-electron chi connectivity index (χ0n) is 12.0. The molecule has 3 atom stereocenters. The van der Waals surface area contributed by atoms with Gasteiger partial charge in [-0.25, -0.2) is 0 Å². The first-order chi connectivity index (χ1) is 9.93. The molecule has 1 aliphatic carbocycles. The quantitative estimate of drug-likeness (QED) is 0.856. The van der Waals surface area contributed by atoms with Gasteiger partial charge in [0.05, 0.1) is 0 Å². The summed E-state index contributed by atoms with van der Waals surface area (Å²) in [5, 5.41) is 11.9. The van der Waals surface area contributed by atoms with Gasteiger partial charge in [0.25, 0.3) is 0 Å². The van der Waals surface area contributed by atoms with Gasteiger partial charge in [-0.15, -0.1) is 0 Å². The Morgan fingerprint density at radius 2 is 2.10 bits per heavy atom. The number of piperidine rings is 1. The third-order valence-electron chi connectivity index (χ3n) is 5.00. The van der Waals surface area contributed by atoms with Crippen molar-refractivity contribution in [3.8, 4) is 0 Å². The van der Waals surface area contributed by atoms with Gasteiger partial charge in [-0.2, -0.15) is 0 Å². The molecule has 1 aromatic rings. The van der Waals surface area contributed by atoms with E-state index < -0.39 is 5.60 Å². The van der Waals surface area contributed by atoms with E-state index in [4.69, 9.17) is 23.2 Å². The van der Waals surface area contributed by atoms with Crippen LogP contribution in [0, 0.1) is 0 Å². The Kier molecular flexibility index (Phi) is 4.04. The van der Waals surface area contributed by atoms with Crippen molar-refractivity contribution in [1.82, 2.24) is 4.90 Å². The maximum atomic E-state index is 12.5. The maximum Gasteiger partial charge on any atom is 0.167 e. The highest BCUT2D eigenvalue weighted by molar-refractivity contribution is 6.35. The summed E-state index contributed by atoms with van der Waals surface area (Å²) in [4.78, 5) is 14.6. The number of likely N-dealkylation sites (tertiary alicyclic amines) is 1. The lowest BCUT2D eigenvalue weighted by Crippen LogP contribution is -2.62. The molecule has 3 nitrogen and oxygen atoms in total. The van der Waals surface area contributed by atoms with E-state index in [1.54, 1.807) is 12.1 Å². The zero-order chi connectivity index (χ0) is 15.2. The second-order valence-corrected chi connectivity index (χ2v) is 7.00. The number of Topliss-reactive ketones (excluding diaryl/α,β-unsaturated/α-hetero) is 1. The molecule has 1 aromatic carbocycles. The molecule has 0 bridgehead atoms. The largest absolute Gasteiger partial charge is 0.380 e. The molecule has 3 unspecified atom stereocenters. The molecule has 0 amide bonds. The van der Waals surface area contributed by atoms with Crippen LogP contribution in [0.25, 0.3) is 0 Å². The fourth-order valence-corrected chi connectivity index (χ4v) is 4.35. The molecule has 0 radical (unpaired) electrons. The number of halogens is 2. The number of rotatable bonds is 1. The van der Waals surface area contributed by atoms with Gasteiger partial charge < -0.3 is 5.11 Å². The van der Waals surface area contributed by atoms with E-state index in [2.05, 4.69) is 4.90 Å². The fraction of sp³-hybridized carbons (Fsp3) is 0.562. The van der Waals surface area contributed by atoms with Crippen LogP contribution in [-0.4, -0.2) is 34.5 Å². The number of fused-ring (bicyclic) bond motifs is 1. The third-order valence-corrected chi connectivity index (χ3v) is 5.57. The summed E-state index contributed by atoms with van der Waals surface area (Å²) >= 11 is 12.2. The van der Waals surface area contributed by atoms with E-state index in [1.807, 2.05) is 13.1 Å². The van der Waals surface area contributed by atoms with Gasteiger partial charge in [-0.05, 0) is 44.0 Å². The van der Waals surface area contributed by atoms with Crippen molar-refractivity contribution in [3.05, 3.63) is 33.8 Å². The van der Waals surface area contributed by atoms with Crippen LogP contribution in [0.2, 0.25) is 10.0 Å². The summed E-state index contributed by atoms with van der Waals surface area (Å²) in [6, 6.07) is 5.17. The van der Waals surface area contributed by atoms with Crippen LogP contribution in [0.5, 0.6) is 0 Å². The molecule has 1 aliphatic heterocycles. The van der Waals surface area contributed by atoms with Gasteiger partial charge in [-0.1, -0.05) is 35.7 Å². The standard InChI is InChI=1S/C16H19Cl2NO2/c1-19-13(11-6-5-10(17)8-12(11)18)9-15(20)16(21)7-3-2-4-14(16)19/h5-6,8,13-14,21H,2-4,7,9H2,1H3. The number of likely N-dealkylation sites (N-methyl/N-ethyl adjacent to an activating group) is 1. The van der Waals surface area contributed by atoms with Crippen molar-refractivity contribution in [2.75, 3.05) is 7.05 Å². The summed E-state index contributed by atoms with van der Waals surface area (Å²) in [5.74, 6) is -0.0543. The number of hydrogen-bond donors (Lipinski definition) is 1. The highest BCUT2D eigenvalue weighted by Gasteiger charge is 2.52. The molecule has 21 heavy (non-hydrogen) atoms. The molecule has 2 fully saturated rings. The maximum absolute atomic E-state index is 12.5. The number of ketones is 1. The number of benzene rings is 1. The Bertz CT molecular complexity index is 577. The van der Waals surface area contributed by atoms with Crippen LogP contribution in [0.15, 0.2) is 18.2 Å². The lowest BCUT2D eigenvalue weighted by atomic mass is 9.71. The second-order valence-electron chi connectivity index (χ2n) is 6.16. The van der Waals surface area contributed by atoms with Crippen molar-refractivity contribution < 1.29 is 9.90 Å². The molecule has 5 heteroatoms. The molecule has 1 heterocycles. The molecule has 3 rings (SSSR count). The van der Waals surface area contributed by atoms with Gasteiger partial charge in [0.1, 0.15) is 5.60 Å². The Hall–Kier alpha value is -0.610. The predicted molar refractivity (Wildman–Crippen MR) is 83.8 cm³/mol. The van der Waals surface area contributed by atoms with Crippen molar-refractivity contribution in [3.63, 3.8) is 0 Å². The smallest absolute Gasteiger partial charge is 0.167 e. The van der Waals surface area contributed by atoms with Gasteiger partial charge in [-0.3, -0.25) is 9.69 Å². The van der Waals surface area contributed by atoms with Crippen LogP contribution in [-0.2, 0) is 4.79 Å². The number of hydrogen-bond acceptors (Lipinski definition) is 3. The van der Waals surface area contributed by atoms with Crippen LogP contribution in [0.3, 0.4) is 0 Å². The van der Waals surface area contributed by atoms with Crippen LogP contribution in [0.1, 0.15) is 43.7 Å². The first kappa shape index (κ1) is 15.3. The van der Waals surface area contributed by atoms with Crippen molar-refractivity contribution in [2.24, 2.45) is 0 Å². The van der Waals surface area contributed by atoms with E-state index in [0.717, 1.165) is 24.8 Å². The lowest BCUT2D eigenvalue weighted by molar-refractivity contribution is -0.162. The first-order valence-electron chi connectivity index (χ1n) is 7.36. The van der Waals surface area contributed by atoms with Gasteiger partial charge >= 0.3 is 0 Å². The van der Waals surface area contributed by atoms with Crippen molar-refractivity contribution >= 4 is 29.0 Å².